The minimum absolute atomic E-state index is 0.0952. The summed E-state index contributed by atoms with van der Waals surface area (Å²) < 4.78 is 9.92. The van der Waals surface area contributed by atoms with Crippen molar-refractivity contribution in [2.45, 2.75) is 19.8 Å². The lowest BCUT2D eigenvalue weighted by Gasteiger charge is -2.22. The van der Waals surface area contributed by atoms with E-state index in [2.05, 4.69) is 30.8 Å². The number of hydrogen-bond donors (Lipinski definition) is 0. The zero-order valence-corrected chi connectivity index (χ0v) is 16.0. The number of fused-ring (bicyclic) bond motifs is 1. The van der Waals surface area contributed by atoms with Crippen molar-refractivity contribution in [2.24, 2.45) is 11.3 Å². The van der Waals surface area contributed by atoms with E-state index in [0.717, 1.165) is 27.5 Å². The normalized spacial score (nSPS) is 20.2. The average Bonchev–Trinajstić information content (AvgIpc) is 3.12. The molecule has 1 aliphatic carbocycles. The summed E-state index contributed by atoms with van der Waals surface area (Å²) in [6, 6.07) is 14.3. The number of methoxy groups -OCH3 is 2. The first kappa shape index (κ1) is 18.9. The van der Waals surface area contributed by atoms with Crippen LogP contribution in [0.4, 0.5) is 0 Å². The number of allylic oxidation sites excluding steroid dienone is 3. The number of hydrogen-bond acceptors (Lipinski definition) is 4. The van der Waals surface area contributed by atoms with Crippen LogP contribution < -0.4 is 0 Å². The Morgan fingerprint density at radius 2 is 1.70 bits per heavy atom. The van der Waals surface area contributed by atoms with Crippen LogP contribution in [0.3, 0.4) is 0 Å². The number of carbonyl (C=O) groups is 2. The van der Waals surface area contributed by atoms with Gasteiger partial charge in [-0.1, -0.05) is 54.1 Å². The maximum absolute atomic E-state index is 12.5. The maximum Gasteiger partial charge on any atom is 0.323 e. The largest absolute Gasteiger partial charge is 0.468 e. The second-order valence-corrected chi connectivity index (χ2v) is 6.97. The van der Waals surface area contributed by atoms with E-state index in [1.54, 1.807) is 6.08 Å². The Kier molecular flexibility index (Phi) is 5.17. The van der Waals surface area contributed by atoms with Gasteiger partial charge in [-0.2, -0.15) is 0 Å². The summed E-state index contributed by atoms with van der Waals surface area (Å²) >= 11 is 0. The quantitative estimate of drug-likeness (QED) is 0.454. The van der Waals surface area contributed by atoms with Gasteiger partial charge in [0.25, 0.3) is 0 Å². The summed E-state index contributed by atoms with van der Waals surface area (Å²) in [4.78, 5) is 25.1. The van der Waals surface area contributed by atoms with Gasteiger partial charge in [-0.15, -0.1) is 6.58 Å². The van der Waals surface area contributed by atoms with Crippen LogP contribution in [0.5, 0.6) is 0 Å². The van der Waals surface area contributed by atoms with E-state index in [4.69, 9.17) is 9.47 Å². The predicted octanol–water partition coefficient (Wildman–Crippen LogP) is 4.54. The molecule has 1 aliphatic rings. The van der Waals surface area contributed by atoms with Crippen molar-refractivity contribution < 1.29 is 19.1 Å². The monoisotopic (exact) mass is 364 g/mol. The minimum Gasteiger partial charge on any atom is -0.468 e. The second-order valence-electron chi connectivity index (χ2n) is 6.97. The highest BCUT2D eigenvalue weighted by molar-refractivity contribution is 6.02. The van der Waals surface area contributed by atoms with E-state index in [1.807, 2.05) is 25.1 Å². The molecular weight excluding hydrogens is 340 g/mol. The van der Waals surface area contributed by atoms with Gasteiger partial charge in [0.2, 0.25) is 0 Å². The van der Waals surface area contributed by atoms with Crippen LogP contribution in [-0.4, -0.2) is 26.2 Å². The van der Waals surface area contributed by atoms with E-state index in [-0.39, 0.29) is 12.3 Å². The van der Waals surface area contributed by atoms with Crippen molar-refractivity contribution in [2.75, 3.05) is 14.2 Å². The summed E-state index contributed by atoms with van der Waals surface area (Å²) in [7, 11) is 2.60. The highest BCUT2D eigenvalue weighted by Crippen LogP contribution is 2.50. The Hall–Kier alpha value is -2.88. The molecular formula is C23H24O4. The molecule has 4 nitrogen and oxygen atoms in total. The molecule has 1 unspecified atom stereocenters. The zero-order valence-electron chi connectivity index (χ0n) is 16.0. The van der Waals surface area contributed by atoms with Gasteiger partial charge in [0.15, 0.2) is 5.41 Å². The van der Waals surface area contributed by atoms with Crippen molar-refractivity contribution in [1.82, 2.24) is 0 Å². The summed E-state index contributed by atoms with van der Waals surface area (Å²) in [6.07, 6.45) is 2.39. The van der Waals surface area contributed by atoms with E-state index < -0.39 is 17.4 Å². The Bertz CT molecular complexity index is 917. The van der Waals surface area contributed by atoms with Crippen molar-refractivity contribution in [3.8, 4) is 0 Å². The van der Waals surface area contributed by atoms with Gasteiger partial charge >= 0.3 is 11.9 Å². The fourth-order valence-corrected chi connectivity index (χ4v) is 4.17. The van der Waals surface area contributed by atoms with Crippen LogP contribution in [0.2, 0.25) is 0 Å². The standard InChI is InChI=1S/C23H24O4/c1-5-16-13-23(21(24)26-3,22(25)27-4)14-20(16)15(2)18-12-8-10-17-9-6-7-11-19(17)18/h5-12,16H,1,13-14H2,2-4H3/b20-15-. The van der Waals surface area contributed by atoms with Gasteiger partial charge in [0.1, 0.15) is 0 Å². The molecule has 0 amide bonds. The molecule has 1 atom stereocenters. The number of esters is 2. The Balaban J connectivity index is 2.17. The molecule has 1 fully saturated rings. The number of rotatable bonds is 4. The van der Waals surface area contributed by atoms with Gasteiger partial charge in [-0.3, -0.25) is 9.59 Å². The van der Waals surface area contributed by atoms with Crippen LogP contribution in [0.25, 0.3) is 16.3 Å². The molecule has 2 aromatic rings. The second kappa shape index (κ2) is 7.39. The van der Waals surface area contributed by atoms with Gasteiger partial charge in [-0.05, 0) is 47.6 Å². The summed E-state index contributed by atoms with van der Waals surface area (Å²) in [5.74, 6) is -1.20. The lowest BCUT2D eigenvalue weighted by atomic mass is 9.85. The third-order valence-corrected chi connectivity index (χ3v) is 5.62. The van der Waals surface area contributed by atoms with E-state index in [0.29, 0.717) is 6.42 Å². The lowest BCUT2D eigenvalue weighted by Crippen LogP contribution is -2.39. The minimum atomic E-state index is -1.32. The van der Waals surface area contributed by atoms with E-state index in [9.17, 15) is 9.59 Å². The number of ether oxygens (including phenoxy) is 2. The van der Waals surface area contributed by atoms with Gasteiger partial charge in [0, 0.05) is 0 Å². The van der Waals surface area contributed by atoms with Crippen molar-refractivity contribution in [1.29, 1.82) is 0 Å². The van der Waals surface area contributed by atoms with Crippen LogP contribution in [0, 0.1) is 11.3 Å². The van der Waals surface area contributed by atoms with Crippen LogP contribution >= 0.6 is 0 Å². The van der Waals surface area contributed by atoms with Crippen LogP contribution in [0.15, 0.2) is 60.7 Å². The van der Waals surface area contributed by atoms with E-state index >= 15 is 0 Å². The third-order valence-electron chi connectivity index (χ3n) is 5.62. The maximum atomic E-state index is 12.5. The average molecular weight is 364 g/mol. The molecule has 0 heterocycles. The van der Waals surface area contributed by atoms with Gasteiger partial charge < -0.3 is 9.47 Å². The summed E-state index contributed by atoms with van der Waals surface area (Å²) in [5.41, 5.74) is 1.87. The number of carbonyl (C=O) groups excluding carboxylic acids is 2. The first-order chi connectivity index (χ1) is 13.0. The van der Waals surface area contributed by atoms with E-state index in [1.165, 1.54) is 14.2 Å². The first-order valence-electron chi connectivity index (χ1n) is 8.95. The molecule has 0 aliphatic heterocycles. The Morgan fingerprint density at radius 3 is 2.33 bits per heavy atom. The molecule has 0 saturated heterocycles. The topological polar surface area (TPSA) is 52.6 Å². The first-order valence-corrected chi connectivity index (χ1v) is 8.95. The molecule has 4 heteroatoms. The Labute approximate surface area is 159 Å². The third kappa shape index (κ3) is 3.05. The molecule has 27 heavy (non-hydrogen) atoms. The highest BCUT2D eigenvalue weighted by atomic mass is 16.5. The van der Waals surface area contributed by atoms with Crippen molar-refractivity contribution in [3.05, 3.63) is 66.3 Å². The molecule has 2 aromatic carbocycles. The van der Waals surface area contributed by atoms with Gasteiger partial charge in [-0.25, -0.2) is 0 Å². The van der Waals surface area contributed by atoms with Crippen molar-refractivity contribution >= 4 is 28.3 Å². The molecule has 140 valence electrons. The molecule has 0 spiro atoms. The molecule has 0 N–H and O–H groups in total. The van der Waals surface area contributed by atoms with Crippen LogP contribution in [-0.2, 0) is 19.1 Å². The molecule has 0 radical (unpaired) electrons. The lowest BCUT2D eigenvalue weighted by molar-refractivity contribution is -0.168. The summed E-state index contributed by atoms with van der Waals surface area (Å²) in [6.45, 7) is 5.97. The predicted molar refractivity (Wildman–Crippen MR) is 106 cm³/mol. The fraction of sp³-hybridized carbons (Fsp3) is 0.304. The van der Waals surface area contributed by atoms with Gasteiger partial charge in [0.05, 0.1) is 14.2 Å². The highest BCUT2D eigenvalue weighted by Gasteiger charge is 2.55. The SMILES string of the molecule is C=CC1CC(C(=O)OC)(C(=O)OC)C/C1=C(\C)c1cccc2ccccc12. The molecule has 0 bridgehead atoms. The van der Waals surface area contributed by atoms with Crippen molar-refractivity contribution in [3.63, 3.8) is 0 Å². The molecule has 0 aromatic heterocycles. The molecule has 1 saturated carbocycles. The summed E-state index contributed by atoms with van der Waals surface area (Å²) in [5, 5.41) is 2.29. The smallest absolute Gasteiger partial charge is 0.323 e. The van der Waals surface area contributed by atoms with Crippen LogP contribution in [0.1, 0.15) is 25.3 Å². The molecule has 3 rings (SSSR count). The number of benzene rings is 2. The Morgan fingerprint density at radius 1 is 1.07 bits per heavy atom. The zero-order chi connectivity index (χ0) is 19.6. The fourth-order valence-electron chi connectivity index (χ4n) is 4.17.